The highest BCUT2D eigenvalue weighted by Gasteiger charge is 2.29. The van der Waals surface area contributed by atoms with Gasteiger partial charge in [-0.3, -0.25) is 0 Å². The van der Waals surface area contributed by atoms with Crippen molar-refractivity contribution in [2.24, 2.45) is 0 Å². The van der Waals surface area contributed by atoms with Crippen molar-refractivity contribution >= 4 is 17.6 Å². The molecular weight excluding hydrogens is 249 g/mol. The van der Waals surface area contributed by atoms with Crippen molar-refractivity contribution in [3.63, 3.8) is 0 Å². The molecule has 0 fully saturated rings. The number of carbonyl (C=O) groups excluding carboxylic acids is 1. The molecule has 7 heteroatoms. The Morgan fingerprint density at radius 3 is 2.50 bits per heavy atom. The van der Waals surface area contributed by atoms with E-state index in [-0.39, 0.29) is 0 Å². The van der Waals surface area contributed by atoms with Gasteiger partial charge in [0.05, 0.1) is 17.7 Å². The van der Waals surface area contributed by atoms with E-state index in [9.17, 15) is 23.1 Å². The van der Waals surface area contributed by atoms with Crippen LogP contribution in [0, 0.1) is 17.5 Å². The molecule has 0 amide bonds. The molecule has 1 aromatic rings. The molecule has 1 aromatic carbocycles. The van der Waals surface area contributed by atoms with E-state index in [1.807, 2.05) is 0 Å². The number of ether oxygens (including phenoxy) is 1. The number of benzene rings is 1. The second-order valence-corrected chi connectivity index (χ2v) is 3.21. The van der Waals surface area contributed by atoms with Crippen molar-refractivity contribution in [1.82, 2.24) is 0 Å². The number of aliphatic hydroxyl groups is 1. The zero-order chi connectivity index (χ0) is 12.5. The summed E-state index contributed by atoms with van der Waals surface area (Å²) in [4.78, 5) is 10.9. The quantitative estimate of drug-likeness (QED) is 0.648. The van der Waals surface area contributed by atoms with Crippen LogP contribution in [-0.2, 0) is 9.53 Å². The van der Waals surface area contributed by atoms with Gasteiger partial charge in [0.25, 0.3) is 0 Å². The van der Waals surface area contributed by atoms with Gasteiger partial charge in [0.1, 0.15) is 0 Å². The Morgan fingerprint density at radius 1 is 1.44 bits per heavy atom. The lowest BCUT2D eigenvalue weighted by molar-refractivity contribution is -0.151. The van der Waals surface area contributed by atoms with E-state index >= 15 is 0 Å². The smallest absolute Gasteiger partial charge is 0.339 e. The Kier molecular flexibility index (Phi) is 3.77. The minimum atomic E-state index is -2.27. The van der Waals surface area contributed by atoms with Crippen LogP contribution >= 0.6 is 11.6 Å². The van der Waals surface area contributed by atoms with Crippen LogP contribution in [0.25, 0.3) is 0 Å². The van der Waals surface area contributed by atoms with Gasteiger partial charge in [0.15, 0.2) is 23.6 Å². The summed E-state index contributed by atoms with van der Waals surface area (Å²) >= 11 is 5.24. The van der Waals surface area contributed by atoms with Gasteiger partial charge in [-0.25, -0.2) is 18.0 Å². The van der Waals surface area contributed by atoms with Crippen molar-refractivity contribution in [3.8, 4) is 0 Å². The van der Waals surface area contributed by atoms with Crippen molar-refractivity contribution in [2.45, 2.75) is 6.10 Å². The Balaban J connectivity index is 3.37. The summed E-state index contributed by atoms with van der Waals surface area (Å²) in [5.74, 6) is -5.87. The molecule has 16 heavy (non-hydrogen) atoms. The van der Waals surface area contributed by atoms with Crippen LogP contribution < -0.4 is 0 Å². The van der Waals surface area contributed by atoms with Gasteiger partial charge in [-0.15, -0.1) is 0 Å². The number of esters is 1. The van der Waals surface area contributed by atoms with Gasteiger partial charge in [-0.2, -0.15) is 0 Å². The van der Waals surface area contributed by atoms with Gasteiger partial charge in [0.2, 0.25) is 0 Å². The van der Waals surface area contributed by atoms with Crippen LogP contribution in [0.1, 0.15) is 11.7 Å². The van der Waals surface area contributed by atoms with Crippen LogP contribution in [0.4, 0.5) is 13.2 Å². The normalized spacial score (nSPS) is 12.4. The standard InChI is InChI=1S/C9H6ClF3O3/c1-16-9(15)8(14)5-6(12)3(10)2-4(11)7(5)13/h2,8,14H,1H3. The molecule has 3 nitrogen and oxygen atoms in total. The number of hydrogen-bond donors (Lipinski definition) is 1. The fraction of sp³-hybridized carbons (Fsp3) is 0.222. The van der Waals surface area contributed by atoms with Gasteiger partial charge in [-0.05, 0) is 6.07 Å². The summed E-state index contributed by atoms with van der Waals surface area (Å²) in [7, 11) is 0.905. The van der Waals surface area contributed by atoms with Crippen molar-refractivity contribution in [2.75, 3.05) is 7.11 Å². The molecular formula is C9H6ClF3O3. The Labute approximate surface area is 93.4 Å². The van der Waals surface area contributed by atoms with E-state index in [0.717, 1.165) is 7.11 Å². The molecule has 0 spiro atoms. The van der Waals surface area contributed by atoms with Crippen LogP contribution in [0.2, 0.25) is 5.02 Å². The second kappa shape index (κ2) is 4.71. The second-order valence-electron chi connectivity index (χ2n) is 2.81. The summed E-state index contributed by atoms with van der Waals surface area (Å²) in [6.45, 7) is 0. The minimum Gasteiger partial charge on any atom is -0.467 e. The number of carbonyl (C=O) groups is 1. The first-order valence-corrected chi connectivity index (χ1v) is 4.36. The van der Waals surface area contributed by atoms with Crippen molar-refractivity contribution in [1.29, 1.82) is 0 Å². The van der Waals surface area contributed by atoms with E-state index < -0.39 is 40.1 Å². The molecule has 1 N–H and O–H groups in total. The lowest BCUT2D eigenvalue weighted by Gasteiger charge is -2.11. The molecule has 0 aromatic heterocycles. The number of rotatable bonds is 2. The maximum Gasteiger partial charge on any atom is 0.339 e. The van der Waals surface area contributed by atoms with Crippen molar-refractivity contribution < 1.29 is 27.8 Å². The maximum absolute atomic E-state index is 13.3. The third kappa shape index (κ3) is 2.12. The number of aliphatic hydroxyl groups excluding tert-OH is 1. The van der Waals surface area contributed by atoms with Gasteiger partial charge in [0, 0.05) is 0 Å². The fourth-order valence-electron chi connectivity index (χ4n) is 1.06. The topological polar surface area (TPSA) is 46.5 Å². The lowest BCUT2D eigenvalue weighted by Crippen LogP contribution is -2.17. The van der Waals surface area contributed by atoms with Crippen LogP contribution in [0.3, 0.4) is 0 Å². The molecule has 0 aliphatic carbocycles. The molecule has 0 bridgehead atoms. The van der Waals surface area contributed by atoms with Crippen LogP contribution in [-0.4, -0.2) is 18.2 Å². The molecule has 88 valence electrons. The van der Waals surface area contributed by atoms with Gasteiger partial charge < -0.3 is 9.84 Å². The highest BCUT2D eigenvalue weighted by molar-refractivity contribution is 6.30. The molecule has 0 saturated carbocycles. The van der Waals surface area contributed by atoms with Gasteiger partial charge >= 0.3 is 5.97 Å². The van der Waals surface area contributed by atoms with E-state index in [2.05, 4.69) is 4.74 Å². The molecule has 0 heterocycles. The van der Waals surface area contributed by atoms with E-state index in [1.54, 1.807) is 0 Å². The zero-order valence-electron chi connectivity index (χ0n) is 7.93. The van der Waals surface area contributed by atoms with Crippen molar-refractivity contribution in [3.05, 3.63) is 34.1 Å². The highest BCUT2D eigenvalue weighted by Crippen LogP contribution is 2.29. The molecule has 1 rings (SSSR count). The maximum atomic E-state index is 13.3. The fourth-order valence-corrected chi connectivity index (χ4v) is 1.26. The Bertz CT molecular complexity index is 410. The predicted molar refractivity (Wildman–Crippen MR) is 48.3 cm³/mol. The first kappa shape index (κ1) is 12.8. The van der Waals surface area contributed by atoms with Crippen LogP contribution in [0.5, 0.6) is 0 Å². The molecule has 0 radical (unpaired) electrons. The molecule has 1 unspecified atom stereocenters. The van der Waals surface area contributed by atoms with E-state index in [1.165, 1.54) is 0 Å². The number of methoxy groups -OCH3 is 1. The molecule has 0 aliphatic rings. The predicted octanol–water partition coefficient (Wildman–Crippen LogP) is 1.96. The molecule has 0 saturated heterocycles. The first-order valence-electron chi connectivity index (χ1n) is 3.99. The summed E-state index contributed by atoms with van der Waals surface area (Å²) in [6.07, 6.45) is -2.27. The average Bonchev–Trinajstić information content (AvgIpc) is 2.25. The monoisotopic (exact) mass is 254 g/mol. The summed E-state index contributed by atoms with van der Waals surface area (Å²) in [5.41, 5.74) is -1.17. The Morgan fingerprint density at radius 2 is 2.00 bits per heavy atom. The third-order valence-electron chi connectivity index (χ3n) is 1.84. The summed E-state index contributed by atoms with van der Waals surface area (Å²) < 4.78 is 43.4. The minimum absolute atomic E-state index is 0.403. The third-order valence-corrected chi connectivity index (χ3v) is 2.12. The highest BCUT2D eigenvalue weighted by atomic mass is 35.5. The summed E-state index contributed by atoms with van der Waals surface area (Å²) in [5, 5.41) is 8.48. The number of halogens is 4. The SMILES string of the molecule is COC(=O)C(O)c1c(F)c(F)cc(Cl)c1F. The summed E-state index contributed by atoms with van der Waals surface area (Å²) in [6, 6.07) is 0.403. The number of hydrogen-bond acceptors (Lipinski definition) is 3. The van der Waals surface area contributed by atoms with E-state index in [0.29, 0.717) is 6.07 Å². The zero-order valence-corrected chi connectivity index (χ0v) is 8.69. The first-order chi connectivity index (χ1) is 7.40. The Hall–Kier alpha value is -1.27. The lowest BCUT2D eigenvalue weighted by atomic mass is 10.1. The largest absolute Gasteiger partial charge is 0.467 e. The molecule has 1 atom stereocenters. The molecule has 0 aliphatic heterocycles. The van der Waals surface area contributed by atoms with Crippen LogP contribution in [0.15, 0.2) is 6.07 Å². The average molecular weight is 255 g/mol. The van der Waals surface area contributed by atoms with Gasteiger partial charge in [-0.1, -0.05) is 11.6 Å². The van der Waals surface area contributed by atoms with E-state index in [4.69, 9.17) is 11.6 Å².